The van der Waals surface area contributed by atoms with Crippen molar-refractivity contribution < 1.29 is 19.1 Å². The van der Waals surface area contributed by atoms with Gasteiger partial charge in [0.2, 0.25) is 0 Å². The molecule has 1 fully saturated rings. The minimum Gasteiger partial charge on any atom is -0.484 e. The number of morpholine rings is 1. The molecule has 1 saturated heterocycles. The number of benzene rings is 2. The third-order valence-electron chi connectivity index (χ3n) is 4.39. The molecule has 6 nitrogen and oxygen atoms in total. The molecule has 1 unspecified atom stereocenters. The fourth-order valence-electron chi connectivity index (χ4n) is 2.78. The van der Waals surface area contributed by atoms with Crippen molar-refractivity contribution in [3.63, 3.8) is 0 Å². The number of hydrogen-bond acceptors (Lipinski definition) is 4. The van der Waals surface area contributed by atoms with Crippen LogP contribution in [0.15, 0.2) is 48.5 Å². The van der Waals surface area contributed by atoms with Crippen LogP contribution in [0, 0.1) is 13.8 Å². The van der Waals surface area contributed by atoms with Gasteiger partial charge in [-0.2, -0.15) is 0 Å². The number of amides is 2. The fourth-order valence-corrected chi connectivity index (χ4v) is 2.78. The molecule has 0 saturated carbocycles. The maximum Gasteiger partial charge on any atom is 0.258 e. The number of nitrogens with one attached hydrogen (secondary N) is 1. The van der Waals surface area contributed by atoms with E-state index in [0.29, 0.717) is 18.8 Å². The number of anilines is 1. The largest absolute Gasteiger partial charge is 0.484 e. The molecular weight excluding hydrogens is 344 g/mol. The molecule has 6 heteroatoms. The maximum atomic E-state index is 12.1. The fraction of sp³-hybridized carbons (Fsp3) is 0.333. The van der Waals surface area contributed by atoms with Crippen molar-refractivity contribution in [2.24, 2.45) is 0 Å². The summed E-state index contributed by atoms with van der Waals surface area (Å²) < 4.78 is 11.0. The smallest absolute Gasteiger partial charge is 0.258 e. The summed E-state index contributed by atoms with van der Waals surface area (Å²) in [6.45, 7) is 4.67. The van der Waals surface area contributed by atoms with Crippen LogP contribution in [0.2, 0.25) is 0 Å². The Labute approximate surface area is 159 Å². The molecule has 2 amide bonds. The van der Waals surface area contributed by atoms with Crippen LogP contribution in [-0.4, -0.2) is 44.2 Å². The second-order valence-electron chi connectivity index (χ2n) is 6.68. The van der Waals surface area contributed by atoms with Gasteiger partial charge in [-0.15, -0.1) is 0 Å². The van der Waals surface area contributed by atoms with E-state index in [4.69, 9.17) is 9.47 Å². The average molecular weight is 368 g/mol. The van der Waals surface area contributed by atoms with E-state index >= 15 is 0 Å². The van der Waals surface area contributed by atoms with Gasteiger partial charge in [0.1, 0.15) is 12.4 Å². The van der Waals surface area contributed by atoms with Gasteiger partial charge >= 0.3 is 0 Å². The molecule has 0 aromatic heterocycles. The van der Waals surface area contributed by atoms with Crippen molar-refractivity contribution in [3.8, 4) is 5.75 Å². The van der Waals surface area contributed by atoms with E-state index in [1.54, 1.807) is 4.90 Å². The summed E-state index contributed by atoms with van der Waals surface area (Å²) in [5, 5.41) is 2.80. The Morgan fingerprint density at radius 3 is 2.41 bits per heavy atom. The van der Waals surface area contributed by atoms with Crippen molar-refractivity contribution in [1.29, 1.82) is 0 Å². The van der Waals surface area contributed by atoms with Crippen LogP contribution < -0.4 is 15.0 Å². The molecule has 142 valence electrons. The number of aryl methyl sites for hydroxylation is 2. The van der Waals surface area contributed by atoms with Gasteiger partial charge in [0.15, 0.2) is 6.61 Å². The van der Waals surface area contributed by atoms with Crippen LogP contribution in [-0.2, 0) is 14.3 Å². The zero-order valence-corrected chi connectivity index (χ0v) is 15.6. The SMILES string of the molecule is Cc1ccc(OCC(=O)NCC2CN(c3ccc(C)cc3)C(=O)CO2)cc1. The molecule has 0 radical (unpaired) electrons. The summed E-state index contributed by atoms with van der Waals surface area (Å²) in [6.07, 6.45) is -0.257. The summed E-state index contributed by atoms with van der Waals surface area (Å²) in [7, 11) is 0. The highest BCUT2D eigenvalue weighted by molar-refractivity contribution is 5.95. The van der Waals surface area contributed by atoms with Crippen molar-refractivity contribution in [2.75, 3.05) is 31.2 Å². The van der Waals surface area contributed by atoms with Gasteiger partial charge in [0.05, 0.1) is 12.6 Å². The molecule has 1 atom stereocenters. The van der Waals surface area contributed by atoms with Crippen LogP contribution in [0.5, 0.6) is 5.75 Å². The summed E-state index contributed by atoms with van der Waals surface area (Å²) in [6, 6.07) is 15.3. The topological polar surface area (TPSA) is 67.9 Å². The first kappa shape index (κ1) is 18.9. The second-order valence-corrected chi connectivity index (χ2v) is 6.68. The van der Waals surface area contributed by atoms with E-state index in [2.05, 4.69) is 5.32 Å². The van der Waals surface area contributed by atoms with Crippen LogP contribution in [0.3, 0.4) is 0 Å². The van der Waals surface area contributed by atoms with E-state index in [9.17, 15) is 9.59 Å². The minimum atomic E-state index is -0.257. The van der Waals surface area contributed by atoms with Gasteiger partial charge in [-0.1, -0.05) is 35.4 Å². The summed E-state index contributed by atoms with van der Waals surface area (Å²) in [4.78, 5) is 25.8. The lowest BCUT2D eigenvalue weighted by atomic mass is 10.2. The molecule has 2 aromatic carbocycles. The Kier molecular flexibility index (Phi) is 6.08. The normalized spacial score (nSPS) is 16.9. The highest BCUT2D eigenvalue weighted by Crippen LogP contribution is 2.19. The van der Waals surface area contributed by atoms with Crippen molar-refractivity contribution >= 4 is 17.5 Å². The molecule has 0 spiro atoms. The zero-order valence-electron chi connectivity index (χ0n) is 15.6. The lowest BCUT2D eigenvalue weighted by Crippen LogP contribution is -2.51. The first-order valence-corrected chi connectivity index (χ1v) is 8.96. The lowest BCUT2D eigenvalue weighted by molar-refractivity contribution is -0.130. The summed E-state index contributed by atoms with van der Waals surface area (Å²) >= 11 is 0. The molecule has 1 N–H and O–H groups in total. The summed E-state index contributed by atoms with van der Waals surface area (Å²) in [5.74, 6) is 0.350. The second kappa shape index (κ2) is 8.68. The Hall–Kier alpha value is -2.86. The van der Waals surface area contributed by atoms with E-state index < -0.39 is 0 Å². The molecule has 3 rings (SSSR count). The number of ether oxygens (including phenoxy) is 2. The first-order chi connectivity index (χ1) is 13.0. The zero-order chi connectivity index (χ0) is 19.2. The van der Waals surface area contributed by atoms with Crippen LogP contribution in [0.4, 0.5) is 5.69 Å². The number of carbonyl (C=O) groups excluding carboxylic acids is 2. The van der Waals surface area contributed by atoms with Gasteiger partial charge in [-0.25, -0.2) is 0 Å². The number of hydrogen-bond donors (Lipinski definition) is 1. The van der Waals surface area contributed by atoms with Crippen LogP contribution in [0.25, 0.3) is 0 Å². The Bertz CT molecular complexity index is 787. The quantitative estimate of drug-likeness (QED) is 0.849. The Morgan fingerprint density at radius 1 is 1.11 bits per heavy atom. The highest BCUT2D eigenvalue weighted by Gasteiger charge is 2.27. The molecule has 27 heavy (non-hydrogen) atoms. The molecule has 0 aliphatic carbocycles. The Morgan fingerprint density at radius 2 is 1.74 bits per heavy atom. The van der Waals surface area contributed by atoms with Gasteiger partial charge < -0.3 is 19.7 Å². The van der Waals surface area contributed by atoms with Gasteiger partial charge in [-0.3, -0.25) is 9.59 Å². The average Bonchev–Trinajstić information content (AvgIpc) is 2.67. The highest BCUT2D eigenvalue weighted by atomic mass is 16.5. The first-order valence-electron chi connectivity index (χ1n) is 8.96. The minimum absolute atomic E-state index is 0.00821. The van der Waals surface area contributed by atoms with Gasteiger partial charge in [-0.05, 0) is 38.1 Å². The molecular formula is C21H24N2O4. The molecule has 2 aromatic rings. The predicted octanol–water partition coefficient (Wildman–Crippen LogP) is 2.23. The molecule has 1 heterocycles. The van der Waals surface area contributed by atoms with Gasteiger partial charge in [0, 0.05) is 12.2 Å². The monoisotopic (exact) mass is 368 g/mol. The van der Waals surface area contributed by atoms with Gasteiger partial charge in [0.25, 0.3) is 11.8 Å². The third-order valence-corrected chi connectivity index (χ3v) is 4.39. The van der Waals surface area contributed by atoms with E-state index in [1.165, 1.54) is 0 Å². The van der Waals surface area contributed by atoms with Crippen molar-refractivity contribution in [3.05, 3.63) is 59.7 Å². The lowest BCUT2D eigenvalue weighted by Gasteiger charge is -2.33. The Balaban J connectivity index is 1.47. The number of carbonyl (C=O) groups is 2. The standard InChI is InChI=1S/C21H24N2O4/c1-15-3-7-17(8-4-15)23-12-19(27-14-21(23)25)11-22-20(24)13-26-18-9-5-16(2)6-10-18/h3-10,19H,11-14H2,1-2H3,(H,22,24). The summed E-state index contributed by atoms with van der Waals surface area (Å²) in [5.41, 5.74) is 3.11. The van der Waals surface area contributed by atoms with Crippen molar-refractivity contribution in [1.82, 2.24) is 5.32 Å². The van der Waals surface area contributed by atoms with Crippen LogP contribution >= 0.6 is 0 Å². The number of nitrogens with zero attached hydrogens (tertiary/aromatic N) is 1. The molecule has 0 bridgehead atoms. The van der Waals surface area contributed by atoms with E-state index in [-0.39, 0.29) is 31.1 Å². The van der Waals surface area contributed by atoms with Crippen molar-refractivity contribution in [2.45, 2.75) is 20.0 Å². The maximum absolute atomic E-state index is 12.1. The predicted molar refractivity (Wildman–Crippen MR) is 103 cm³/mol. The van der Waals surface area contributed by atoms with E-state index in [0.717, 1.165) is 16.8 Å². The molecule has 1 aliphatic rings. The van der Waals surface area contributed by atoms with E-state index in [1.807, 2.05) is 62.4 Å². The third kappa shape index (κ3) is 5.31. The number of rotatable bonds is 6. The molecule has 1 aliphatic heterocycles. The van der Waals surface area contributed by atoms with Crippen LogP contribution in [0.1, 0.15) is 11.1 Å².